The van der Waals surface area contributed by atoms with E-state index in [1.54, 1.807) is 31.6 Å². The molecule has 0 radical (unpaired) electrons. The van der Waals surface area contributed by atoms with Crippen LogP contribution in [0, 0.1) is 0 Å². The Labute approximate surface area is 133 Å². The minimum Gasteiger partial charge on any atom is -0.497 e. The van der Waals surface area contributed by atoms with E-state index in [0.717, 1.165) is 17.2 Å². The van der Waals surface area contributed by atoms with Gasteiger partial charge < -0.3 is 18.6 Å². The Morgan fingerprint density at radius 2 is 1.87 bits per heavy atom. The number of pyridine rings is 1. The van der Waals surface area contributed by atoms with Gasteiger partial charge in [0.2, 0.25) is 0 Å². The first-order valence-electron chi connectivity index (χ1n) is 7.02. The van der Waals surface area contributed by atoms with Crippen molar-refractivity contribution in [3.63, 3.8) is 0 Å². The molecule has 6 nitrogen and oxygen atoms in total. The van der Waals surface area contributed by atoms with E-state index in [1.165, 1.54) is 7.11 Å². The van der Waals surface area contributed by atoms with Gasteiger partial charge in [-0.25, -0.2) is 9.78 Å². The van der Waals surface area contributed by atoms with Crippen molar-refractivity contribution in [3.8, 4) is 11.5 Å². The van der Waals surface area contributed by atoms with Gasteiger partial charge in [-0.3, -0.25) is 0 Å². The second-order valence-corrected chi connectivity index (χ2v) is 4.85. The quantitative estimate of drug-likeness (QED) is 0.678. The number of hydrogen-bond donors (Lipinski definition) is 0. The molecule has 0 aliphatic heterocycles. The maximum atomic E-state index is 11.5. The molecular weight excluding hydrogens is 296 g/mol. The first-order valence-corrected chi connectivity index (χ1v) is 7.02. The summed E-state index contributed by atoms with van der Waals surface area (Å²) in [5.74, 6) is 1.14. The third-order valence-electron chi connectivity index (χ3n) is 3.46. The summed E-state index contributed by atoms with van der Waals surface area (Å²) >= 11 is 0. The second kappa shape index (κ2) is 6.39. The van der Waals surface area contributed by atoms with Crippen molar-refractivity contribution in [1.82, 2.24) is 9.38 Å². The van der Waals surface area contributed by atoms with Crippen molar-refractivity contribution >= 4 is 11.6 Å². The van der Waals surface area contributed by atoms with Crippen LogP contribution >= 0.6 is 0 Å². The number of fused-ring (bicyclic) bond motifs is 1. The Morgan fingerprint density at radius 1 is 1.13 bits per heavy atom. The molecule has 1 aromatic carbocycles. The summed E-state index contributed by atoms with van der Waals surface area (Å²) < 4.78 is 17.4. The van der Waals surface area contributed by atoms with E-state index in [2.05, 4.69) is 4.98 Å². The first kappa shape index (κ1) is 14.9. The Hall–Kier alpha value is -3.02. The van der Waals surface area contributed by atoms with Crippen LogP contribution in [0.15, 0.2) is 48.8 Å². The molecule has 2 aromatic heterocycles. The van der Waals surface area contributed by atoms with E-state index in [4.69, 9.17) is 14.2 Å². The first-order chi connectivity index (χ1) is 11.2. The normalized spacial score (nSPS) is 10.5. The van der Waals surface area contributed by atoms with Crippen LogP contribution in [0.25, 0.3) is 5.65 Å². The highest BCUT2D eigenvalue weighted by Crippen LogP contribution is 2.19. The lowest BCUT2D eigenvalue weighted by atomic mass is 10.2. The summed E-state index contributed by atoms with van der Waals surface area (Å²) in [6.07, 6.45) is 3.50. The van der Waals surface area contributed by atoms with Crippen molar-refractivity contribution in [1.29, 1.82) is 0 Å². The molecule has 3 aromatic rings. The molecule has 0 bridgehead atoms. The molecule has 0 saturated heterocycles. The van der Waals surface area contributed by atoms with Gasteiger partial charge in [-0.1, -0.05) is 0 Å². The van der Waals surface area contributed by atoms with Gasteiger partial charge in [0.1, 0.15) is 23.8 Å². The molecule has 2 heterocycles. The molecule has 0 N–H and O–H groups in total. The van der Waals surface area contributed by atoms with E-state index in [9.17, 15) is 4.79 Å². The van der Waals surface area contributed by atoms with Crippen LogP contribution in [-0.2, 0) is 11.3 Å². The summed E-state index contributed by atoms with van der Waals surface area (Å²) in [7, 11) is 2.98. The van der Waals surface area contributed by atoms with Crippen LogP contribution in [0.2, 0.25) is 0 Å². The van der Waals surface area contributed by atoms with Gasteiger partial charge in [0.05, 0.1) is 31.7 Å². The van der Waals surface area contributed by atoms with Crippen molar-refractivity contribution in [2.45, 2.75) is 6.61 Å². The van der Waals surface area contributed by atoms with Crippen molar-refractivity contribution in [3.05, 3.63) is 60.0 Å². The zero-order valence-corrected chi connectivity index (χ0v) is 12.9. The molecule has 3 rings (SSSR count). The number of carbonyl (C=O) groups is 1. The molecule has 0 aliphatic rings. The average molecular weight is 312 g/mol. The van der Waals surface area contributed by atoms with Gasteiger partial charge in [0, 0.05) is 6.20 Å². The van der Waals surface area contributed by atoms with E-state index >= 15 is 0 Å². The summed E-state index contributed by atoms with van der Waals surface area (Å²) in [6, 6.07) is 10.7. The van der Waals surface area contributed by atoms with Gasteiger partial charge in [0.15, 0.2) is 0 Å². The van der Waals surface area contributed by atoms with Crippen molar-refractivity contribution in [2.75, 3.05) is 14.2 Å². The average Bonchev–Trinajstić information content (AvgIpc) is 3.02. The third-order valence-corrected chi connectivity index (χ3v) is 3.46. The van der Waals surface area contributed by atoms with E-state index in [-0.39, 0.29) is 5.97 Å². The summed E-state index contributed by atoms with van der Waals surface area (Å²) in [5, 5.41) is 0. The monoisotopic (exact) mass is 312 g/mol. The highest BCUT2D eigenvalue weighted by atomic mass is 16.5. The molecule has 0 atom stereocenters. The van der Waals surface area contributed by atoms with Crippen LogP contribution in [0.5, 0.6) is 11.5 Å². The third kappa shape index (κ3) is 3.11. The minimum atomic E-state index is -0.383. The molecule has 118 valence electrons. The molecule has 0 saturated carbocycles. The Kier molecular flexibility index (Phi) is 4.14. The fourth-order valence-corrected chi connectivity index (χ4v) is 2.21. The summed E-state index contributed by atoms with van der Waals surface area (Å²) in [4.78, 5) is 15.8. The number of imidazole rings is 1. The van der Waals surface area contributed by atoms with Gasteiger partial charge in [-0.15, -0.1) is 0 Å². The number of ether oxygens (including phenoxy) is 3. The highest BCUT2D eigenvalue weighted by molar-refractivity contribution is 5.90. The van der Waals surface area contributed by atoms with Gasteiger partial charge in [-0.05, 0) is 36.4 Å². The number of carbonyl (C=O) groups excluding carboxylic acids is 1. The van der Waals surface area contributed by atoms with Crippen LogP contribution in [0.1, 0.15) is 16.1 Å². The molecule has 0 spiro atoms. The summed E-state index contributed by atoms with van der Waals surface area (Å²) in [6.45, 7) is 0.366. The molecule has 0 fully saturated rings. The van der Waals surface area contributed by atoms with E-state index in [0.29, 0.717) is 17.8 Å². The van der Waals surface area contributed by atoms with Crippen LogP contribution in [-0.4, -0.2) is 29.6 Å². The second-order valence-electron chi connectivity index (χ2n) is 4.85. The standard InChI is InChI=1S/C17H16N2O4/c1-21-14-3-5-15(6-4-14)23-11-13-10-18-16-9-12(17(20)22-2)7-8-19(13)16/h3-10H,11H2,1-2H3. The zero-order chi connectivity index (χ0) is 16.2. The van der Waals surface area contributed by atoms with Crippen molar-refractivity contribution in [2.24, 2.45) is 0 Å². The van der Waals surface area contributed by atoms with Gasteiger partial charge in [-0.2, -0.15) is 0 Å². The highest BCUT2D eigenvalue weighted by Gasteiger charge is 2.09. The van der Waals surface area contributed by atoms with Crippen LogP contribution < -0.4 is 9.47 Å². The molecule has 6 heteroatoms. The SMILES string of the molecule is COC(=O)c1ccn2c(COc3ccc(OC)cc3)cnc2c1. The maximum absolute atomic E-state index is 11.5. The lowest BCUT2D eigenvalue weighted by molar-refractivity contribution is 0.0600. The fourth-order valence-electron chi connectivity index (χ4n) is 2.21. The lowest BCUT2D eigenvalue weighted by Gasteiger charge is -2.07. The number of aromatic nitrogens is 2. The Balaban J connectivity index is 1.76. The fraction of sp³-hybridized carbons (Fsp3) is 0.176. The van der Waals surface area contributed by atoms with Gasteiger partial charge in [0.25, 0.3) is 0 Å². The molecule has 23 heavy (non-hydrogen) atoms. The van der Waals surface area contributed by atoms with E-state index in [1.807, 2.05) is 28.7 Å². The molecule has 0 amide bonds. The maximum Gasteiger partial charge on any atom is 0.338 e. The summed E-state index contributed by atoms with van der Waals surface area (Å²) in [5.41, 5.74) is 2.02. The number of rotatable bonds is 5. The molecule has 0 aliphatic carbocycles. The van der Waals surface area contributed by atoms with Crippen LogP contribution in [0.4, 0.5) is 0 Å². The minimum absolute atomic E-state index is 0.366. The van der Waals surface area contributed by atoms with Crippen LogP contribution in [0.3, 0.4) is 0 Å². The molecule has 0 unspecified atom stereocenters. The number of esters is 1. The van der Waals surface area contributed by atoms with Crippen molar-refractivity contribution < 1.29 is 19.0 Å². The lowest BCUT2D eigenvalue weighted by Crippen LogP contribution is -2.03. The Morgan fingerprint density at radius 3 is 2.57 bits per heavy atom. The topological polar surface area (TPSA) is 62.1 Å². The Bertz CT molecular complexity index is 824. The largest absolute Gasteiger partial charge is 0.497 e. The molecular formula is C17H16N2O4. The van der Waals surface area contributed by atoms with E-state index < -0.39 is 0 Å². The van der Waals surface area contributed by atoms with Gasteiger partial charge >= 0.3 is 5.97 Å². The number of methoxy groups -OCH3 is 2. The zero-order valence-electron chi connectivity index (χ0n) is 12.9. The predicted molar refractivity (Wildman–Crippen MR) is 83.9 cm³/mol. The number of benzene rings is 1. The number of nitrogens with zero attached hydrogens (tertiary/aromatic N) is 2. The predicted octanol–water partition coefficient (Wildman–Crippen LogP) is 2.71. The number of hydrogen-bond acceptors (Lipinski definition) is 5. The smallest absolute Gasteiger partial charge is 0.338 e.